The summed E-state index contributed by atoms with van der Waals surface area (Å²) in [6.45, 7) is 5.91. The Labute approximate surface area is 382 Å². The van der Waals surface area contributed by atoms with Gasteiger partial charge in [0.1, 0.15) is 22.3 Å². The third kappa shape index (κ3) is 7.49. The van der Waals surface area contributed by atoms with Gasteiger partial charge in [-0.25, -0.2) is 29.9 Å². The highest BCUT2D eigenvalue weighted by atomic mass is 16.2. The summed E-state index contributed by atoms with van der Waals surface area (Å²) in [5, 5.41) is 5.79. The number of hydrogen-bond acceptors (Lipinski definition) is 10. The molecule has 16 nitrogen and oxygen atoms in total. The van der Waals surface area contributed by atoms with E-state index in [1.54, 1.807) is 12.4 Å². The lowest BCUT2D eigenvalue weighted by Gasteiger charge is -2.34. The van der Waals surface area contributed by atoms with Crippen molar-refractivity contribution in [3.63, 3.8) is 0 Å². The molecule has 2 unspecified atom stereocenters. The summed E-state index contributed by atoms with van der Waals surface area (Å²) in [4.78, 5) is 58.6. The fourth-order valence-corrected chi connectivity index (χ4v) is 10.7. The number of likely N-dealkylation sites (tertiary alicyclic amines) is 2. The van der Waals surface area contributed by atoms with Crippen LogP contribution in [0.15, 0.2) is 73.3 Å². The number of imidazole rings is 2. The van der Waals surface area contributed by atoms with Crippen molar-refractivity contribution in [2.24, 2.45) is 37.6 Å². The van der Waals surface area contributed by atoms with Crippen molar-refractivity contribution in [3.05, 3.63) is 84.4 Å². The number of carbonyl (C=O) groups excluding carboxylic acids is 2. The molecular formula is C50H56N14O2. The Morgan fingerprint density at radius 2 is 1.20 bits per heavy atom. The highest BCUT2D eigenvalue weighted by molar-refractivity contribution is 5.98. The first-order chi connectivity index (χ1) is 32.2. The summed E-state index contributed by atoms with van der Waals surface area (Å²) in [7, 11) is 3.98. The number of aromatic nitrogens is 10. The topological polar surface area (TPSA) is 176 Å². The van der Waals surface area contributed by atoms with Gasteiger partial charge in [-0.3, -0.25) is 9.59 Å². The maximum Gasteiger partial charge on any atom is 0.255 e. The number of piperidine rings is 2. The van der Waals surface area contributed by atoms with Gasteiger partial charge in [0.2, 0.25) is 0 Å². The highest BCUT2D eigenvalue weighted by Gasteiger charge is 2.35. The molecule has 5 aliphatic rings. The Morgan fingerprint density at radius 3 is 1.73 bits per heavy atom. The summed E-state index contributed by atoms with van der Waals surface area (Å²) >= 11 is 0. The number of nitrogens with one attached hydrogen (secondary N) is 1. The lowest BCUT2D eigenvalue weighted by atomic mass is 9.92. The van der Waals surface area contributed by atoms with Crippen molar-refractivity contribution in [1.29, 1.82) is 0 Å². The van der Waals surface area contributed by atoms with E-state index in [1.807, 2.05) is 69.7 Å². The summed E-state index contributed by atoms with van der Waals surface area (Å²) in [5.74, 6) is 3.87. The molecule has 3 aliphatic heterocycles. The summed E-state index contributed by atoms with van der Waals surface area (Å²) in [6.07, 6.45) is 16.4. The summed E-state index contributed by atoms with van der Waals surface area (Å²) in [5.41, 5.74) is 14.4. The van der Waals surface area contributed by atoms with Gasteiger partial charge in [0, 0.05) is 101 Å². The fourth-order valence-electron chi connectivity index (χ4n) is 10.7. The van der Waals surface area contributed by atoms with E-state index in [2.05, 4.69) is 58.7 Å². The Morgan fingerprint density at radius 1 is 0.652 bits per heavy atom. The van der Waals surface area contributed by atoms with Gasteiger partial charge in [-0.1, -0.05) is 0 Å². The first kappa shape index (κ1) is 40.9. The van der Waals surface area contributed by atoms with E-state index in [0.717, 1.165) is 126 Å². The molecule has 16 heteroatoms. The number of amides is 2. The standard InChI is InChI=1S/C26H29N7O.C24H27N7O/c1-31-24-20(11-19(13-29-24)26(34)32-10-7-17-6-9-27-21(17)15-32)30-25(31)22-12-18-3-2-8-28-23(18)33(22)14-16-4-5-16;1-29-22-19(10-17(12-27-22)24(32)30-9-3-5-18(25)14-30)28-23(29)20-11-16-4-2-8-26-21(16)31(20)13-15-6-7-15/h2-3,8,11-13,16-17,21,27H,4-7,9-10,14-15H2,1H3;2,4,8,10-12,15,18H,3,5-7,9,13-14,25H2,1H3/t;18-/m.1/s1. The molecule has 2 saturated carbocycles. The van der Waals surface area contributed by atoms with Crippen LogP contribution in [0, 0.1) is 17.8 Å². The fraction of sp³-hybridized carbons (Fsp3) is 0.440. The zero-order valence-electron chi connectivity index (χ0n) is 37.7. The molecule has 0 spiro atoms. The molecule has 2 amide bonds. The molecule has 3 atom stereocenters. The van der Waals surface area contributed by atoms with Gasteiger partial charge in [-0.05, 0) is 124 Å². The molecule has 8 aromatic rings. The molecule has 2 aliphatic carbocycles. The van der Waals surface area contributed by atoms with Crippen LogP contribution in [0.3, 0.4) is 0 Å². The minimum atomic E-state index is -0.0196. The Kier molecular flexibility index (Phi) is 10.2. The van der Waals surface area contributed by atoms with Crippen LogP contribution in [0.4, 0.5) is 0 Å². The third-order valence-electron chi connectivity index (χ3n) is 14.7. The molecule has 0 bridgehead atoms. The first-order valence-electron chi connectivity index (χ1n) is 23.9. The number of rotatable bonds is 8. The molecule has 66 heavy (non-hydrogen) atoms. The second-order valence-electron chi connectivity index (χ2n) is 19.4. The number of hydrogen-bond donors (Lipinski definition) is 2. The van der Waals surface area contributed by atoms with Crippen LogP contribution in [-0.2, 0) is 27.2 Å². The van der Waals surface area contributed by atoms with Crippen LogP contribution in [-0.4, -0.2) is 115 Å². The molecule has 13 rings (SSSR count). The number of nitrogens with zero attached hydrogens (tertiary/aromatic N) is 12. The zero-order chi connectivity index (χ0) is 44.6. The molecule has 3 N–H and O–H groups in total. The number of nitrogens with two attached hydrogens (primary N) is 1. The molecule has 0 radical (unpaired) electrons. The van der Waals surface area contributed by atoms with Crippen LogP contribution in [0.5, 0.6) is 0 Å². The van der Waals surface area contributed by atoms with E-state index < -0.39 is 0 Å². The van der Waals surface area contributed by atoms with Gasteiger partial charge in [0.15, 0.2) is 22.9 Å². The molecule has 338 valence electrons. The lowest BCUT2D eigenvalue weighted by Crippen LogP contribution is -2.48. The smallest absolute Gasteiger partial charge is 0.255 e. The quantitative estimate of drug-likeness (QED) is 0.179. The van der Waals surface area contributed by atoms with Gasteiger partial charge in [-0.2, -0.15) is 0 Å². The third-order valence-corrected chi connectivity index (χ3v) is 14.7. The number of carbonyl (C=O) groups is 2. The highest BCUT2D eigenvalue weighted by Crippen LogP contribution is 2.37. The van der Waals surface area contributed by atoms with Crippen molar-refractivity contribution in [2.75, 3.05) is 32.7 Å². The van der Waals surface area contributed by atoms with E-state index in [9.17, 15) is 9.59 Å². The molecule has 5 fully saturated rings. The molecule has 8 aromatic heterocycles. The van der Waals surface area contributed by atoms with Crippen molar-refractivity contribution >= 4 is 56.2 Å². The van der Waals surface area contributed by atoms with Crippen molar-refractivity contribution in [1.82, 2.24) is 63.3 Å². The van der Waals surface area contributed by atoms with Gasteiger partial charge >= 0.3 is 0 Å². The summed E-state index contributed by atoms with van der Waals surface area (Å²) < 4.78 is 8.64. The Balaban J connectivity index is 0.000000138. The largest absolute Gasteiger partial charge is 0.337 e. The molecule has 3 saturated heterocycles. The normalized spacial score (nSPS) is 20.9. The van der Waals surface area contributed by atoms with Crippen LogP contribution in [0.25, 0.3) is 67.4 Å². The predicted molar refractivity (Wildman–Crippen MR) is 253 cm³/mol. The Bertz CT molecular complexity index is 3170. The number of pyridine rings is 4. The van der Waals surface area contributed by atoms with Crippen molar-refractivity contribution in [3.8, 4) is 23.0 Å². The van der Waals surface area contributed by atoms with Gasteiger partial charge in [0.05, 0.1) is 22.5 Å². The van der Waals surface area contributed by atoms with Crippen LogP contribution < -0.4 is 11.1 Å². The zero-order valence-corrected chi connectivity index (χ0v) is 37.7. The molecule has 11 heterocycles. The first-order valence-corrected chi connectivity index (χ1v) is 23.9. The summed E-state index contributed by atoms with van der Waals surface area (Å²) in [6, 6.07) is 16.7. The second kappa shape index (κ2) is 16.4. The average molecular weight is 885 g/mol. The van der Waals surface area contributed by atoms with E-state index in [-0.39, 0.29) is 17.9 Å². The van der Waals surface area contributed by atoms with Crippen molar-refractivity contribution < 1.29 is 9.59 Å². The van der Waals surface area contributed by atoms with E-state index in [0.29, 0.717) is 41.5 Å². The minimum Gasteiger partial charge on any atom is -0.337 e. The maximum absolute atomic E-state index is 13.3. The number of fused-ring (bicyclic) bond motifs is 5. The lowest BCUT2D eigenvalue weighted by molar-refractivity contribution is 0.0668. The average Bonchev–Trinajstić information content (AvgIpc) is 4.13. The van der Waals surface area contributed by atoms with E-state index in [1.165, 1.54) is 32.1 Å². The van der Waals surface area contributed by atoms with E-state index >= 15 is 0 Å². The van der Waals surface area contributed by atoms with Gasteiger partial charge in [0.25, 0.3) is 11.8 Å². The van der Waals surface area contributed by atoms with Gasteiger partial charge in [-0.15, -0.1) is 0 Å². The van der Waals surface area contributed by atoms with Crippen molar-refractivity contribution in [2.45, 2.75) is 76.5 Å². The van der Waals surface area contributed by atoms with Crippen LogP contribution in [0.1, 0.15) is 72.1 Å². The second-order valence-corrected chi connectivity index (χ2v) is 19.4. The minimum absolute atomic E-state index is 0.0196. The van der Waals surface area contributed by atoms with Crippen LogP contribution in [0.2, 0.25) is 0 Å². The van der Waals surface area contributed by atoms with Gasteiger partial charge < -0.3 is 39.1 Å². The monoisotopic (exact) mass is 884 g/mol. The van der Waals surface area contributed by atoms with Crippen LogP contribution >= 0.6 is 0 Å². The Hall–Kier alpha value is -6.52. The molecule has 0 aromatic carbocycles. The maximum atomic E-state index is 13.3. The van der Waals surface area contributed by atoms with E-state index in [4.69, 9.17) is 15.7 Å². The number of aryl methyl sites for hydroxylation is 2. The SMILES string of the molecule is Cn1c(-c2cc3cccnc3n2CC2CC2)nc2cc(C(=O)N3CCC4CCNC4C3)cnc21.Cn1c(-c2cc3cccnc3n2CC2CC2)nc2cc(C(=O)N3CCC[C@@H](N)C3)cnc21. The predicted octanol–water partition coefficient (Wildman–Crippen LogP) is 6.18. The molecular weight excluding hydrogens is 829 g/mol.